The van der Waals surface area contributed by atoms with Gasteiger partial charge >= 0.3 is 0 Å². The Kier molecular flexibility index (Phi) is 3.84. The van der Waals surface area contributed by atoms with Crippen molar-refractivity contribution in [3.05, 3.63) is 64.4 Å². The van der Waals surface area contributed by atoms with Crippen molar-refractivity contribution < 1.29 is 9.50 Å². The maximum atomic E-state index is 13.5. The topological polar surface area (TPSA) is 46.2 Å². The first-order chi connectivity index (χ1) is 8.56. The highest BCUT2D eigenvalue weighted by Gasteiger charge is 2.12. The van der Waals surface area contributed by atoms with Gasteiger partial charge in [-0.05, 0) is 41.5 Å². The van der Waals surface area contributed by atoms with Crippen molar-refractivity contribution in [3.8, 4) is 0 Å². The highest BCUT2D eigenvalue weighted by atomic mass is 35.5. The first-order valence-electron chi connectivity index (χ1n) is 5.53. The van der Waals surface area contributed by atoms with E-state index in [1.807, 2.05) is 0 Å². The average molecular weight is 266 g/mol. The molecule has 0 aliphatic rings. The molecule has 0 saturated heterocycles. The zero-order chi connectivity index (χ0) is 13.1. The lowest BCUT2D eigenvalue weighted by atomic mass is 10.0. The van der Waals surface area contributed by atoms with Gasteiger partial charge < -0.3 is 10.8 Å². The van der Waals surface area contributed by atoms with E-state index in [1.54, 1.807) is 24.3 Å². The van der Waals surface area contributed by atoms with E-state index in [2.05, 4.69) is 0 Å². The van der Waals surface area contributed by atoms with Crippen LogP contribution in [0.25, 0.3) is 0 Å². The Balaban J connectivity index is 2.21. The van der Waals surface area contributed by atoms with E-state index in [0.29, 0.717) is 21.8 Å². The molecule has 0 aliphatic carbocycles. The first-order valence-corrected chi connectivity index (χ1v) is 5.91. The molecule has 0 spiro atoms. The molecule has 2 aromatic rings. The van der Waals surface area contributed by atoms with Crippen LogP contribution < -0.4 is 5.73 Å². The molecule has 0 aliphatic heterocycles. The van der Waals surface area contributed by atoms with Gasteiger partial charge in [-0.15, -0.1) is 0 Å². The van der Waals surface area contributed by atoms with Crippen molar-refractivity contribution in [1.82, 2.24) is 0 Å². The van der Waals surface area contributed by atoms with Crippen molar-refractivity contribution in [1.29, 1.82) is 0 Å². The van der Waals surface area contributed by atoms with Crippen molar-refractivity contribution >= 4 is 17.3 Å². The van der Waals surface area contributed by atoms with Crippen LogP contribution in [0, 0.1) is 5.82 Å². The molecular formula is C14H13ClFNO. The molecule has 18 heavy (non-hydrogen) atoms. The zero-order valence-electron chi connectivity index (χ0n) is 9.61. The van der Waals surface area contributed by atoms with Gasteiger partial charge in [0.1, 0.15) is 5.82 Å². The molecule has 0 amide bonds. The summed E-state index contributed by atoms with van der Waals surface area (Å²) in [6.45, 7) is 0. The molecule has 2 rings (SSSR count). The van der Waals surface area contributed by atoms with Gasteiger partial charge in [-0.25, -0.2) is 4.39 Å². The minimum Gasteiger partial charge on any atom is -0.399 e. The Labute approximate surface area is 110 Å². The molecule has 4 heteroatoms. The van der Waals surface area contributed by atoms with Gasteiger partial charge in [0.2, 0.25) is 0 Å². The van der Waals surface area contributed by atoms with Crippen molar-refractivity contribution in [2.24, 2.45) is 0 Å². The maximum Gasteiger partial charge on any atom is 0.126 e. The monoisotopic (exact) mass is 265 g/mol. The number of nitrogen functional groups attached to an aromatic ring is 1. The third-order valence-electron chi connectivity index (χ3n) is 2.72. The summed E-state index contributed by atoms with van der Waals surface area (Å²) in [7, 11) is 0. The number of nitrogens with two attached hydrogens (primary N) is 1. The maximum absolute atomic E-state index is 13.5. The van der Waals surface area contributed by atoms with Gasteiger partial charge in [-0.1, -0.05) is 23.7 Å². The smallest absolute Gasteiger partial charge is 0.126 e. The molecule has 2 aromatic carbocycles. The van der Waals surface area contributed by atoms with Crippen molar-refractivity contribution in [2.45, 2.75) is 12.5 Å². The highest BCUT2D eigenvalue weighted by Crippen LogP contribution is 2.23. The molecule has 0 radical (unpaired) electrons. The minimum atomic E-state index is -0.804. The van der Waals surface area contributed by atoms with Crippen LogP contribution in [0.1, 0.15) is 17.2 Å². The molecule has 2 nitrogen and oxygen atoms in total. The number of anilines is 1. The van der Waals surface area contributed by atoms with Crippen LogP contribution in [0.3, 0.4) is 0 Å². The number of halogens is 2. The Morgan fingerprint density at radius 3 is 2.72 bits per heavy atom. The molecule has 0 saturated carbocycles. The lowest BCUT2D eigenvalue weighted by molar-refractivity contribution is 0.177. The summed E-state index contributed by atoms with van der Waals surface area (Å²) in [6, 6.07) is 11.2. The largest absolute Gasteiger partial charge is 0.399 e. The van der Waals surface area contributed by atoms with Crippen LogP contribution in [0.15, 0.2) is 42.5 Å². The summed E-state index contributed by atoms with van der Waals surface area (Å²) in [5.41, 5.74) is 7.25. The summed E-state index contributed by atoms with van der Waals surface area (Å²) in [4.78, 5) is 0. The fourth-order valence-electron chi connectivity index (χ4n) is 1.79. The molecule has 0 heterocycles. The molecule has 0 bridgehead atoms. The summed E-state index contributed by atoms with van der Waals surface area (Å²) >= 11 is 5.80. The normalized spacial score (nSPS) is 12.4. The number of aliphatic hydroxyl groups is 1. The predicted octanol–water partition coefficient (Wildman–Crippen LogP) is 3.34. The lowest BCUT2D eigenvalue weighted by Crippen LogP contribution is -2.04. The van der Waals surface area contributed by atoms with Gasteiger partial charge in [-0.2, -0.15) is 0 Å². The molecule has 1 unspecified atom stereocenters. The first kappa shape index (κ1) is 12.9. The van der Waals surface area contributed by atoms with E-state index < -0.39 is 6.10 Å². The van der Waals surface area contributed by atoms with Gasteiger partial charge in [-0.3, -0.25) is 0 Å². The summed E-state index contributed by atoms with van der Waals surface area (Å²) < 4.78 is 13.5. The average Bonchev–Trinajstić information content (AvgIpc) is 2.34. The second-order valence-electron chi connectivity index (χ2n) is 4.13. The Morgan fingerprint density at radius 2 is 2.00 bits per heavy atom. The SMILES string of the molecule is Nc1cccc(C(O)Cc2cc(Cl)ccc2F)c1. The predicted molar refractivity (Wildman–Crippen MR) is 70.9 cm³/mol. The summed E-state index contributed by atoms with van der Waals surface area (Å²) in [6.07, 6.45) is -0.642. The third kappa shape index (κ3) is 3.00. The lowest BCUT2D eigenvalue weighted by Gasteiger charge is -2.12. The Bertz CT molecular complexity index is 559. The van der Waals surface area contributed by atoms with E-state index in [1.165, 1.54) is 18.2 Å². The molecule has 0 aromatic heterocycles. The van der Waals surface area contributed by atoms with Gasteiger partial charge in [0.15, 0.2) is 0 Å². The minimum absolute atomic E-state index is 0.163. The standard InChI is InChI=1S/C14H13ClFNO/c15-11-4-5-13(16)10(6-11)8-14(18)9-2-1-3-12(17)7-9/h1-7,14,18H,8,17H2. The van der Waals surface area contributed by atoms with E-state index in [4.69, 9.17) is 17.3 Å². The number of rotatable bonds is 3. The zero-order valence-corrected chi connectivity index (χ0v) is 10.4. The van der Waals surface area contributed by atoms with Crippen LogP contribution in [0.2, 0.25) is 5.02 Å². The van der Waals surface area contributed by atoms with Gasteiger partial charge in [0, 0.05) is 17.1 Å². The van der Waals surface area contributed by atoms with Crippen LogP contribution in [0.5, 0.6) is 0 Å². The van der Waals surface area contributed by atoms with Gasteiger partial charge in [0.05, 0.1) is 6.10 Å². The number of benzene rings is 2. The Morgan fingerprint density at radius 1 is 1.22 bits per heavy atom. The van der Waals surface area contributed by atoms with Crippen LogP contribution in [0.4, 0.5) is 10.1 Å². The van der Waals surface area contributed by atoms with E-state index in [-0.39, 0.29) is 12.2 Å². The number of hydrogen-bond donors (Lipinski definition) is 2. The highest BCUT2D eigenvalue weighted by molar-refractivity contribution is 6.30. The fourth-order valence-corrected chi connectivity index (χ4v) is 1.99. The Hall–Kier alpha value is -1.58. The third-order valence-corrected chi connectivity index (χ3v) is 2.95. The molecule has 0 fully saturated rings. The second kappa shape index (κ2) is 5.38. The molecule has 94 valence electrons. The van der Waals surface area contributed by atoms with E-state index in [9.17, 15) is 9.50 Å². The molecule has 1 atom stereocenters. The van der Waals surface area contributed by atoms with Crippen LogP contribution in [-0.4, -0.2) is 5.11 Å². The van der Waals surface area contributed by atoms with E-state index in [0.717, 1.165) is 0 Å². The quantitative estimate of drug-likeness (QED) is 0.836. The summed E-state index contributed by atoms with van der Waals surface area (Å²) in [5.74, 6) is -0.373. The number of hydrogen-bond acceptors (Lipinski definition) is 2. The number of aliphatic hydroxyl groups excluding tert-OH is 1. The van der Waals surface area contributed by atoms with Crippen molar-refractivity contribution in [2.75, 3.05) is 5.73 Å². The van der Waals surface area contributed by atoms with E-state index >= 15 is 0 Å². The van der Waals surface area contributed by atoms with Gasteiger partial charge in [0.25, 0.3) is 0 Å². The van der Waals surface area contributed by atoms with Crippen LogP contribution >= 0.6 is 11.6 Å². The molecule has 3 N–H and O–H groups in total. The molecular weight excluding hydrogens is 253 g/mol. The fraction of sp³-hybridized carbons (Fsp3) is 0.143. The summed E-state index contributed by atoms with van der Waals surface area (Å²) in [5, 5.41) is 10.5. The van der Waals surface area contributed by atoms with Crippen LogP contribution in [-0.2, 0) is 6.42 Å². The second-order valence-corrected chi connectivity index (χ2v) is 4.56. The van der Waals surface area contributed by atoms with Crippen molar-refractivity contribution in [3.63, 3.8) is 0 Å².